The quantitative estimate of drug-likeness (QED) is 0.668. The Kier molecular flexibility index (Phi) is 6.56. The first-order valence-corrected chi connectivity index (χ1v) is 9.54. The third-order valence-corrected chi connectivity index (χ3v) is 4.40. The molecule has 1 aliphatic heterocycles. The highest BCUT2D eigenvalue weighted by Gasteiger charge is 2.28. The minimum absolute atomic E-state index is 0.0453. The number of Topliss-reactive ketones (excluding diaryl/α,β-unsaturated/α-hetero) is 1. The van der Waals surface area contributed by atoms with Crippen molar-refractivity contribution >= 4 is 23.3 Å². The molecular weight excluding hydrogens is 388 g/mol. The van der Waals surface area contributed by atoms with Crippen LogP contribution in [0.3, 0.4) is 0 Å². The predicted molar refractivity (Wildman–Crippen MR) is 110 cm³/mol. The van der Waals surface area contributed by atoms with Crippen molar-refractivity contribution in [2.75, 3.05) is 31.8 Å². The molecule has 3 rings (SSSR count). The smallest absolute Gasteiger partial charge is 0.265 e. The Bertz CT molecular complexity index is 939. The average molecular weight is 412 g/mol. The molecule has 0 aromatic heterocycles. The Balaban J connectivity index is 1.73. The number of anilines is 1. The molecule has 1 aliphatic rings. The molecule has 8 heteroatoms. The van der Waals surface area contributed by atoms with Gasteiger partial charge in [0.1, 0.15) is 23.8 Å². The summed E-state index contributed by atoms with van der Waals surface area (Å²) in [6.07, 6.45) is 0. The number of methoxy groups -OCH3 is 1. The van der Waals surface area contributed by atoms with Gasteiger partial charge < -0.3 is 19.5 Å². The van der Waals surface area contributed by atoms with Crippen LogP contribution in [0.4, 0.5) is 5.69 Å². The van der Waals surface area contributed by atoms with Crippen LogP contribution in [0.5, 0.6) is 17.2 Å². The highest BCUT2D eigenvalue weighted by molar-refractivity contribution is 6.04. The van der Waals surface area contributed by atoms with Crippen LogP contribution in [0.2, 0.25) is 0 Å². The van der Waals surface area contributed by atoms with Crippen molar-refractivity contribution in [3.63, 3.8) is 0 Å². The van der Waals surface area contributed by atoms with E-state index in [1.54, 1.807) is 49.6 Å². The van der Waals surface area contributed by atoms with E-state index in [9.17, 15) is 14.4 Å². The van der Waals surface area contributed by atoms with E-state index in [2.05, 4.69) is 5.32 Å². The number of ether oxygens (including phenoxy) is 3. The van der Waals surface area contributed by atoms with Gasteiger partial charge in [-0.25, -0.2) is 0 Å². The zero-order valence-corrected chi connectivity index (χ0v) is 17.1. The molecule has 2 amide bonds. The minimum Gasteiger partial charge on any atom is -0.497 e. The summed E-state index contributed by atoms with van der Waals surface area (Å²) in [5.74, 6) is 0.770. The molecule has 0 saturated carbocycles. The molecule has 2 aromatic carbocycles. The van der Waals surface area contributed by atoms with Gasteiger partial charge in [0.25, 0.3) is 5.91 Å². The maximum Gasteiger partial charge on any atom is 0.265 e. The number of fused-ring (bicyclic) bond motifs is 1. The van der Waals surface area contributed by atoms with Gasteiger partial charge >= 0.3 is 0 Å². The fraction of sp³-hybridized carbons (Fsp3) is 0.318. The number of hydrogen-bond donors (Lipinski definition) is 1. The fourth-order valence-corrected chi connectivity index (χ4v) is 2.96. The first-order valence-electron chi connectivity index (χ1n) is 9.54. The number of amides is 2. The van der Waals surface area contributed by atoms with Gasteiger partial charge in [0, 0.05) is 11.6 Å². The maximum absolute atomic E-state index is 12.6. The molecule has 0 spiro atoms. The molecule has 8 nitrogen and oxygen atoms in total. The van der Waals surface area contributed by atoms with Crippen LogP contribution in [-0.4, -0.2) is 50.5 Å². The Morgan fingerprint density at radius 2 is 1.83 bits per heavy atom. The summed E-state index contributed by atoms with van der Waals surface area (Å²) in [6.45, 7) is 3.20. The number of hydrogen-bond acceptors (Lipinski definition) is 6. The average Bonchev–Trinajstić information content (AvgIpc) is 2.73. The molecule has 158 valence electrons. The van der Waals surface area contributed by atoms with Crippen LogP contribution in [-0.2, 0) is 9.59 Å². The number of benzene rings is 2. The molecule has 0 bridgehead atoms. The Labute approximate surface area is 174 Å². The molecule has 2 aromatic rings. The van der Waals surface area contributed by atoms with E-state index >= 15 is 0 Å². The van der Waals surface area contributed by atoms with Crippen LogP contribution < -0.4 is 24.4 Å². The van der Waals surface area contributed by atoms with Crippen LogP contribution in [0.25, 0.3) is 0 Å². The number of nitrogens with zero attached hydrogens (tertiary/aromatic N) is 1. The van der Waals surface area contributed by atoms with Crippen molar-refractivity contribution in [1.29, 1.82) is 0 Å². The molecule has 1 heterocycles. The molecule has 0 fully saturated rings. The largest absolute Gasteiger partial charge is 0.497 e. The maximum atomic E-state index is 12.6. The van der Waals surface area contributed by atoms with E-state index in [0.717, 1.165) is 0 Å². The molecule has 0 unspecified atom stereocenters. The van der Waals surface area contributed by atoms with Gasteiger partial charge in [-0.2, -0.15) is 0 Å². The van der Waals surface area contributed by atoms with E-state index < -0.39 is 0 Å². The van der Waals surface area contributed by atoms with Crippen molar-refractivity contribution in [1.82, 2.24) is 5.32 Å². The van der Waals surface area contributed by atoms with Crippen LogP contribution in [0, 0.1) is 0 Å². The standard InChI is InChI=1S/C22H24N2O6/c1-14(2)23-21(26)11-24-18-10-15(4-9-20(18)30-13-22(24)27)19(25)12-29-17-7-5-16(28-3)6-8-17/h4-10,14H,11-13H2,1-3H3,(H,23,26). The van der Waals surface area contributed by atoms with Gasteiger partial charge in [0.15, 0.2) is 19.0 Å². The summed E-state index contributed by atoms with van der Waals surface area (Å²) in [5, 5.41) is 2.76. The fourth-order valence-electron chi connectivity index (χ4n) is 2.96. The summed E-state index contributed by atoms with van der Waals surface area (Å²) < 4.78 is 16.1. The zero-order valence-electron chi connectivity index (χ0n) is 17.1. The number of rotatable bonds is 8. The lowest BCUT2D eigenvalue weighted by Crippen LogP contribution is -2.46. The van der Waals surface area contributed by atoms with Gasteiger partial charge in [-0.05, 0) is 56.3 Å². The Hall–Kier alpha value is -3.55. The van der Waals surface area contributed by atoms with Gasteiger partial charge in [-0.3, -0.25) is 19.3 Å². The molecular formula is C22H24N2O6. The van der Waals surface area contributed by atoms with Crippen molar-refractivity contribution in [2.45, 2.75) is 19.9 Å². The summed E-state index contributed by atoms with van der Waals surface area (Å²) in [7, 11) is 1.57. The van der Waals surface area contributed by atoms with E-state index in [1.807, 2.05) is 13.8 Å². The predicted octanol–water partition coefficient (Wildman–Crippen LogP) is 2.21. The molecule has 30 heavy (non-hydrogen) atoms. The van der Waals surface area contributed by atoms with Crippen molar-refractivity contribution in [3.8, 4) is 17.2 Å². The van der Waals surface area contributed by atoms with E-state index in [4.69, 9.17) is 14.2 Å². The van der Waals surface area contributed by atoms with Gasteiger partial charge in [-0.1, -0.05) is 0 Å². The second kappa shape index (κ2) is 9.30. The first-order chi connectivity index (χ1) is 14.4. The Morgan fingerprint density at radius 3 is 2.50 bits per heavy atom. The summed E-state index contributed by atoms with van der Waals surface area (Å²) in [5.41, 5.74) is 0.746. The highest BCUT2D eigenvalue weighted by Crippen LogP contribution is 2.33. The lowest BCUT2D eigenvalue weighted by molar-refractivity contribution is -0.125. The summed E-state index contributed by atoms with van der Waals surface area (Å²) in [6, 6.07) is 11.6. The molecule has 0 radical (unpaired) electrons. The van der Waals surface area contributed by atoms with Crippen molar-refractivity contribution in [3.05, 3.63) is 48.0 Å². The van der Waals surface area contributed by atoms with Gasteiger partial charge in [0.2, 0.25) is 5.91 Å². The zero-order chi connectivity index (χ0) is 21.7. The summed E-state index contributed by atoms with van der Waals surface area (Å²) >= 11 is 0. The molecule has 1 N–H and O–H groups in total. The molecule has 0 aliphatic carbocycles. The second-order valence-corrected chi connectivity index (χ2v) is 7.06. The van der Waals surface area contributed by atoms with Crippen molar-refractivity contribution < 1.29 is 28.6 Å². The third kappa shape index (κ3) is 5.08. The van der Waals surface area contributed by atoms with Gasteiger partial charge in [-0.15, -0.1) is 0 Å². The van der Waals surface area contributed by atoms with Gasteiger partial charge in [0.05, 0.1) is 12.8 Å². The Morgan fingerprint density at radius 1 is 1.13 bits per heavy atom. The van der Waals surface area contributed by atoms with Crippen molar-refractivity contribution in [2.24, 2.45) is 0 Å². The van der Waals surface area contributed by atoms with E-state index in [-0.39, 0.29) is 43.4 Å². The van der Waals surface area contributed by atoms with Crippen LogP contribution in [0.15, 0.2) is 42.5 Å². The molecule has 0 atom stereocenters. The topological polar surface area (TPSA) is 94.2 Å². The number of carbonyl (C=O) groups is 3. The number of ketones is 1. The first kappa shape index (κ1) is 21.2. The highest BCUT2D eigenvalue weighted by atomic mass is 16.5. The second-order valence-electron chi connectivity index (χ2n) is 7.06. The SMILES string of the molecule is COc1ccc(OCC(=O)c2ccc3c(c2)N(CC(=O)NC(C)C)C(=O)CO3)cc1. The van der Waals surface area contributed by atoms with E-state index in [0.29, 0.717) is 28.5 Å². The normalized spacial score (nSPS) is 12.8. The monoisotopic (exact) mass is 412 g/mol. The summed E-state index contributed by atoms with van der Waals surface area (Å²) in [4.78, 5) is 38.4. The third-order valence-electron chi connectivity index (χ3n) is 4.40. The molecule has 0 saturated heterocycles. The lowest BCUT2D eigenvalue weighted by Gasteiger charge is -2.29. The number of carbonyl (C=O) groups excluding carboxylic acids is 3. The minimum atomic E-state index is -0.347. The lowest BCUT2D eigenvalue weighted by atomic mass is 10.1. The number of nitrogens with one attached hydrogen (secondary N) is 1. The van der Waals surface area contributed by atoms with E-state index in [1.165, 1.54) is 4.90 Å². The van der Waals surface area contributed by atoms with Crippen LogP contribution >= 0.6 is 0 Å². The van der Waals surface area contributed by atoms with Crippen LogP contribution in [0.1, 0.15) is 24.2 Å².